The third-order valence-electron chi connectivity index (χ3n) is 3.72. The van der Waals surface area contributed by atoms with E-state index in [4.69, 9.17) is 4.74 Å². The lowest BCUT2D eigenvalue weighted by Crippen LogP contribution is -2.31. The number of carbonyl (C=O) groups is 2. The Kier molecular flexibility index (Phi) is 5.95. The molecule has 5 nitrogen and oxygen atoms in total. The van der Waals surface area contributed by atoms with Gasteiger partial charge in [-0.1, -0.05) is 13.0 Å². The van der Waals surface area contributed by atoms with E-state index in [2.05, 4.69) is 10.6 Å². The van der Waals surface area contributed by atoms with Crippen LogP contribution < -0.4 is 15.4 Å². The van der Waals surface area contributed by atoms with Crippen molar-refractivity contribution in [2.45, 2.75) is 26.3 Å². The van der Waals surface area contributed by atoms with Crippen molar-refractivity contribution in [3.05, 3.63) is 59.7 Å². The minimum atomic E-state index is -0.239. The van der Waals surface area contributed by atoms with Crippen molar-refractivity contribution in [2.24, 2.45) is 0 Å². The highest BCUT2D eigenvalue weighted by Crippen LogP contribution is 2.15. The molecule has 0 bridgehead atoms. The summed E-state index contributed by atoms with van der Waals surface area (Å²) >= 11 is 0. The number of rotatable bonds is 6. The lowest BCUT2D eigenvalue weighted by molar-refractivity contribution is 0.0938. The van der Waals surface area contributed by atoms with Gasteiger partial charge in [-0.25, -0.2) is 0 Å². The molecule has 1 unspecified atom stereocenters. The van der Waals surface area contributed by atoms with Crippen LogP contribution in [0.1, 0.15) is 41.0 Å². The molecular formula is C19H22N2O3. The maximum atomic E-state index is 12.3. The van der Waals surface area contributed by atoms with Crippen molar-refractivity contribution in [2.75, 3.05) is 12.4 Å². The highest BCUT2D eigenvalue weighted by Gasteiger charge is 2.11. The second-order valence-corrected chi connectivity index (χ2v) is 5.55. The molecule has 2 aromatic carbocycles. The minimum Gasteiger partial charge on any atom is -0.497 e. The molecule has 1 atom stereocenters. The van der Waals surface area contributed by atoms with Crippen molar-refractivity contribution < 1.29 is 14.3 Å². The summed E-state index contributed by atoms with van der Waals surface area (Å²) in [4.78, 5) is 24.4. The second kappa shape index (κ2) is 8.15. The lowest BCUT2D eigenvalue weighted by Gasteiger charge is -2.12. The molecule has 2 aromatic rings. The van der Waals surface area contributed by atoms with Crippen LogP contribution in [0.15, 0.2) is 48.5 Å². The monoisotopic (exact) mass is 326 g/mol. The molecule has 0 aromatic heterocycles. The summed E-state index contributed by atoms with van der Waals surface area (Å²) in [7, 11) is 1.57. The van der Waals surface area contributed by atoms with Gasteiger partial charge >= 0.3 is 0 Å². The predicted molar refractivity (Wildman–Crippen MR) is 94.6 cm³/mol. The van der Waals surface area contributed by atoms with Crippen molar-refractivity contribution in [1.29, 1.82) is 0 Å². The Labute approximate surface area is 142 Å². The molecule has 24 heavy (non-hydrogen) atoms. The van der Waals surface area contributed by atoms with Gasteiger partial charge in [0.2, 0.25) is 0 Å². The average Bonchev–Trinajstić information content (AvgIpc) is 2.61. The Morgan fingerprint density at radius 3 is 2.38 bits per heavy atom. The summed E-state index contributed by atoms with van der Waals surface area (Å²) in [6, 6.07) is 13.8. The molecule has 0 aliphatic heterocycles. The van der Waals surface area contributed by atoms with Gasteiger partial charge < -0.3 is 15.4 Å². The number of nitrogens with one attached hydrogen (secondary N) is 2. The van der Waals surface area contributed by atoms with Crippen LogP contribution in [-0.4, -0.2) is 25.0 Å². The first-order chi connectivity index (χ1) is 11.5. The number of anilines is 1. The van der Waals surface area contributed by atoms with E-state index in [1.807, 2.05) is 13.8 Å². The Morgan fingerprint density at radius 2 is 1.75 bits per heavy atom. The van der Waals surface area contributed by atoms with Crippen molar-refractivity contribution >= 4 is 17.5 Å². The van der Waals surface area contributed by atoms with Gasteiger partial charge in [0.05, 0.1) is 7.11 Å². The molecule has 0 heterocycles. The van der Waals surface area contributed by atoms with E-state index in [0.29, 0.717) is 22.6 Å². The SMILES string of the molecule is CCC(C)NC(=O)c1cccc(NC(=O)c2ccc(OC)cc2)c1. The van der Waals surface area contributed by atoms with E-state index >= 15 is 0 Å². The van der Waals surface area contributed by atoms with Crippen LogP contribution >= 0.6 is 0 Å². The van der Waals surface area contributed by atoms with Crippen LogP contribution in [0.2, 0.25) is 0 Å². The molecule has 0 spiro atoms. The molecule has 0 radical (unpaired) electrons. The van der Waals surface area contributed by atoms with Crippen LogP contribution in [-0.2, 0) is 0 Å². The third kappa shape index (κ3) is 4.59. The van der Waals surface area contributed by atoms with Gasteiger partial charge in [-0.3, -0.25) is 9.59 Å². The highest BCUT2D eigenvalue weighted by molar-refractivity contribution is 6.05. The summed E-state index contributed by atoms with van der Waals surface area (Å²) in [6.07, 6.45) is 0.861. The molecule has 0 saturated heterocycles. The van der Waals surface area contributed by atoms with Crippen molar-refractivity contribution in [3.8, 4) is 5.75 Å². The van der Waals surface area contributed by atoms with Gasteiger partial charge in [-0.2, -0.15) is 0 Å². The standard InChI is InChI=1S/C19H22N2O3/c1-4-13(2)20-19(23)15-6-5-7-16(12-15)21-18(22)14-8-10-17(24-3)11-9-14/h5-13H,4H2,1-3H3,(H,20,23)(H,21,22). The zero-order chi connectivity index (χ0) is 17.5. The van der Waals surface area contributed by atoms with E-state index in [1.165, 1.54) is 0 Å². The number of methoxy groups -OCH3 is 1. The number of amides is 2. The van der Waals surface area contributed by atoms with Crippen LogP contribution in [0, 0.1) is 0 Å². The van der Waals surface area contributed by atoms with E-state index in [1.54, 1.807) is 55.6 Å². The average molecular weight is 326 g/mol. The van der Waals surface area contributed by atoms with Gasteiger partial charge in [-0.15, -0.1) is 0 Å². The zero-order valence-corrected chi connectivity index (χ0v) is 14.1. The topological polar surface area (TPSA) is 67.4 Å². The summed E-state index contributed by atoms with van der Waals surface area (Å²) in [5.41, 5.74) is 1.61. The largest absolute Gasteiger partial charge is 0.497 e. The fourth-order valence-corrected chi connectivity index (χ4v) is 2.09. The quantitative estimate of drug-likeness (QED) is 0.854. The molecule has 2 amide bonds. The zero-order valence-electron chi connectivity index (χ0n) is 14.1. The molecule has 2 N–H and O–H groups in total. The van der Waals surface area contributed by atoms with E-state index < -0.39 is 0 Å². The van der Waals surface area contributed by atoms with Crippen LogP contribution in [0.5, 0.6) is 5.75 Å². The first-order valence-corrected chi connectivity index (χ1v) is 7.89. The Bertz CT molecular complexity index is 711. The first-order valence-electron chi connectivity index (χ1n) is 7.89. The smallest absolute Gasteiger partial charge is 0.255 e. The van der Waals surface area contributed by atoms with Gasteiger partial charge in [0.25, 0.3) is 11.8 Å². The lowest BCUT2D eigenvalue weighted by atomic mass is 10.1. The van der Waals surface area contributed by atoms with Crippen molar-refractivity contribution in [3.63, 3.8) is 0 Å². The first kappa shape index (κ1) is 17.5. The summed E-state index contributed by atoms with van der Waals surface area (Å²) in [5, 5.41) is 5.70. The minimum absolute atomic E-state index is 0.107. The molecule has 0 saturated carbocycles. The maximum Gasteiger partial charge on any atom is 0.255 e. The molecular weight excluding hydrogens is 304 g/mol. The van der Waals surface area contributed by atoms with Gasteiger partial charge in [0, 0.05) is 22.9 Å². The normalized spacial score (nSPS) is 11.5. The molecule has 0 aliphatic carbocycles. The highest BCUT2D eigenvalue weighted by atomic mass is 16.5. The van der Waals surface area contributed by atoms with Crippen LogP contribution in [0.3, 0.4) is 0 Å². The van der Waals surface area contributed by atoms with Gasteiger partial charge in [-0.05, 0) is 55.8 Å². The molecule has 0 aliphatic rings. The molecule has 2 rings (SSSR count). The van der Waals surface area contributed by atoms with E-state index in [9.17, 15) is 9.59 Å². The second-order valence-electron chi connectivity index (χ2n) is 5.55. The fourth-order valence-electron chi connectivity index (χ4n) is 2.09. The predicted octanol–water partition coefficient (Wildman–Crippen LogP) is 3.48. The molecule has 126 valence electrons. The fraction of sp³-hybridized carbons (Fsp3) is 0.263. The maximum absolute atomic E-state index is 12.3. The number of hydrogen-bond donors (Lipinski definition) is 2. The Hall–Kier alpha value is -2.82. The van der Waals surface area contributed by atoms with Crippen LogP contribution in [0.4, 0.5) is 5.69 Å². The van der Waals surface area contributed by atoms with E-state index in [-0.39, 0.29) is 17.9 Å². The molecule has 0 fully saturated rings. The third-order valence-corrected chi connectivity index (χ3v) is 3.72. The number of carbonyl (C=O) groups excluding carboxylic acids is 2. The number of ether oxygens (including phenoxy) is 1. The van der Waals surface area contributed by atoms with E-state index in [0.717, 1.165) is 6.42 Å². The summed E-state index contributed by atoms with van der Waals surface area (Å²) in [5.74, 6) is 0.303. The van der Waals surface area contributed by atoms with Gasteiger partial charge in [0.1, 0.15) is 5.75 Å². The number of benzene rings is 2. The van der Waals surface area contributed by atoms with Gasteiger partial charge in [0.15, 0.2) is 0 Å². The molecule has 5 heteroatoms. The summed E-state index contributed by atoms with van der Waals surface area (Å²) < 4.78 is 5.07. The number of hydrogen-bond acceptors (Lipinski definition) is 3. The van der Waals surface area contributed by atoms with Crippen molar-refractivity contribution in [1.82, 2.24) is 5.32 Å². The van der Waals surface area contributed by atoms with Crippen LogP contribution in [0.25, 0.3) is 0 Å². The Balaban J connectivity index is 2.08. The Morgan fingerprint density at radius 1 is 1.04 bits per heavy atom. The summed E-state index contributed by atoms with van der Waals surface area (Å²) in [6.45, 7) is 3.96.